The van der Waals surface area contributed by atoms with Crippen LogP contribution in [0.25, 0.3) is 11.4 Å². The summed E-state index contributed by atoms with van der Waals surface area (Å²) in [5, 5.41) is 14.0. The Kier molecular flexibility index (Phi) is 8.43. The minimum Gasteiger partial charge on any atom is -0.466 e. The molecule has 1 saturated heterocycles. The largest absolute Gasteiger partial charge is 0.466 e. The van der Waals surface area contributed by atoms with E-state index in [4.69, 9.17) is 22.1 Å². The number of esters is 1. The molecule has 0 aliphatic carbocycles. The van der Waals surface area contributed by atoms with Crippen molar-refractivity contribution in [3.05, 3.63) is 69.1 Å². The maximum atomic E-state index is 13.6. The SMILES string of the molecule is CCOC(=O)C(Cc1cc(Cl)c(N)c(C(F)(F)F)c1)[C@H]1CC(n2nc(-c3ccccc3)[nH]c2=O)CCN1C(=O)O. The third-order valence-electron chi connectivity index (χ3n) is 6.90. The number of carboxylic acid groups (broad SMARTS) is 1. The van der Waals surface area contributed by atoms with Gasteiger partial charge < -0.3 is 20.5 Å². The van der Waals surface area contributed by atoms with Gasteiger partial charge in [-0.15, -0.1) is 5.10 Å². The molecule has 2 heterocycles. The highest BCUT2D eigenvalue weighted by molar-refractivity contribution is 6.33. The summed E-state index contributed by atoms with van der Waals surface area (Å²) in [6.45, 7) is 1.48. The Morgan fingerprint density at radius 1 is 1.27 bits per heavy atom. The molecule has 0 bridgehead atoms. The van der Waals surface area contributed by atoms with Crippen molar-refractivity contribution in [2.45, 2.75) is 44.4 Å². The summed E-state index contributed by atoms with van der Waals surface area (Å²) in [6, 6.07) is 9.29. The van der Waals surface area contributed by atoms with Gasteiger partial charge in [-0.25, -0.2) is 14.3 Å². The number of benzene rings is 2. The Morgan fingerprint density at radius 3 is 2.60 bits per heavy atom. The molecule has 2 aromatic carbocycles. The Labute approximate surface area is 231 Å². The molecule has 1 fully saturated rings. The van der Waals surface area contributed by atoms with E-state index in [0.717, 1.165) is 11.0 Å². The Hall–Kier alpha value is -4.00. The van der Waals surface area contributed by atoms with Gasteiger partial charge in [0.25, 0.3) is 0 Å². The van der Waals surface area contributed by atoms with Gasteiger partial charge in [0.15, 0.2) is 5.82 Å². The van der Waals surface area contributed by atoms with Gasteiger partial charge in [-0.3, -0.25) is 9.78 Å². The summed E-state index contributed by atoms with van der Waals surface area (Å²) < 4.78 is 47.2. The molecule has 3 atom stereocenters. The molecule has 1 amide bonds. The number of aromatic amines is 1. The number of aromatic nitrogens is 3. The monoisotopic (exact) mass is 581 g/mol. The average Bonchev–Trinajstić information content (AvgIpc) is 3.30. The summed E-state index contributed by atoms with van der Waals surface area (Å²) in [7, 11) is 0. The molecule has 4 rings (SSSR count). The predicted octanol–water partition coefficient (Wildman–Crippen LogP) is 4.60. The van der Waals surface area contributed by atoms with Crippen molar-refractivity contribution < 1.29 is 32.6 Å². The van der Waals surface area contributed by atoms with Crippen LogP contribution in [0.4, 0.5) is 23.7 Å². The zero-order valence-electron chi connectivity index (χ0n) is 21.3. The van der Waals surface area contributed by atoms with Crippen LogP contribution in [0.5, 0.6) is 0 Å². The number of nitrogens with one attached hydrogen (secondary N) is 1. The first-order valence-corrected chi connectivity index (χ1v) is 12.8. The summed E-state index contributed by atoms with van der Waals surface area (Å²) in [6.07, 6.45) is -6.21. The number of nitrogens with zero attached hydrogens (tertiary/aromatic N) is 3. The number of halogens is 4. The van der Waals surface area contributed by atoms with Gasteiger partial charge in [-0.1, -0.05) is 41.9 Å². The van der Waals surface area contributed by atoms with Crippen molar-refractivity contribution in [1.82, 2.24) is 19.7 Å². The number of carbonyl (C=O) groups excluding carboxylic acids is 1. The van der Waals surface area contributed by atoms with E-state index in [1.54, 1.807) is 31.2 Å². The quantitative estimate of drug-likeness (QED) is 0.273. The normalized spacial score (nSPS) is 18.4. The standard InChI is InChI=1S/C26H27ClF3N5O5/c1-2-40-23(36)17(10-14-11-18(26(28,29)30)21(31)19(27)12-14)20-13-16(8-9-34(20)25(38)39)35-24(37)32-22(33-35)15-6-4-3-5-7-15/h3-7,11-12,16-17,20H,2,8-10,13,31H2,1H3,(H,38,39)(H,32,33,37)/t16?,17?,20-/m1/s1. The lowest BCUT2D eigenvalue weighted by Gasteiger charge is -2.40. The van der Waals surface area contributed by atoms with Crippen LogP contribution in [0, 0.1) is 5.92 Å². The van der Waals surface area contributed by atoms with Crippen LogP contribution in [0.3, 0.4) is 0 Å². The number of hydrogen-bond donors (Lipinski definition) is 3. The second-order valence-corrected chi connectivity index (χ2v) is 9.82. The fourth-order valence-electron chi connectivity index (χ4n) is 5.04. The molecule has 40 heavy (non-hydrogen) atoms. The van der Waals surface area contributed by atoms with Crippen LogP contribution < -0.4 is 11.4 Å². The zero-order chi connectivity index (χ0) is 29.2. The van der Waals surface area contributed by atoms with E-state index in [1.807, 2.05) is 6.07 Å². The number of carbonyl (C=O) groups is 2. The first-order valence-electron chi connectivity index (χ1n) is 12.5. The number of ether oxygens (including phenoxy) is 1. The van der Waals surface area contributed by atoms with E-state index in [0.29, 0.717) is 11.4 Å². The summed E-state index contributed by atoms with van der Waals surface area (Å²) in [5.41, 5.74) is 3.92. The number of nitrogens with two attached hydrogens (primary N) is 1. The molecule has 3 aromatic rings. The average molecular weight is 582 g/mol. The smallest absolute Gasteiger partial charge is 0.418 e. The number of hydrogen-bond acceptors (Lipinski definition) is 6. The van der Waals surface area contributed by atoms with Gasteiger partial charge in [0.1, 0.15) is 0 Å². The number of alkyl halides is 3. The highest BCUT2D eigenvalue weighted by Crippen LogP contribution is 2.39. The van der Waals surface area contributed by atoms with E-state index in [-0.39, 0.29) is 43.0 Å². The summed E-state index contributed by atoms with van der Waals surface area (Å²) >= 11 is 5.99. The van der Waals surface area contributed by atoms with E-state index < -0.39 is 53.2 Å². The van der Waals surface area contributed by atoms with E-state index in [1.165, 1.54) is 10.7 Å². The second-order valence-electron chi connectivity index (χ2n) is 9.41. The van der Waals surface area contributed by atoms with Gasteiger partial charge in [-0.2, -0.15) is 13.2 Å². The second kappa shape index (κ2) is 11.6. The van der Waals surface area contributed by atoms with Crippen LogP contribution >= 0.6 is 11.6 Å². The minimum absolute atomic E-state index is 0.0103. The third-order valence-corrected chi connectivity index (χ3v) is 7.21. The van der Waals surface area contributed by atoms with Gasteiger partial charge in [-0.05, 0) is 43.9 Å². The number of piperidine rings is 1. The molecule has 214 valence electrons. The van der Waals surface area contributed by atoms with Gasteiger partial charge in [0.2, 0.25) is 0 Å². The number of nitrogen functional groups attached to an aromatic ring is 1. The number of likely N-dealkylation sites (tertiary alicyclic amines) is 1. The highest BCUT2D eigenvalue weighted by atomic mass is 35.5. The van der Waals surface area contributed by atoms with E-state index in [9.17, 15) is 32.7 Å². The van der Waals surface area contributed by atoms with Crippen molar-refractivity contribution >= 4 is 29.4 Å². The maximum absolute atomic E-state index is 13.6. The van der Waals surface area contributed by atoms with Gasteiger partial charge in [0.05, 0.1) is 40.9 Å². The summed E-state index contributed by atoms with van der Waals surface area (Å²) in [5.74, 6) is -1.68. The lowest BCUT2D eigenvalue weighted by atomic mass is 9.83. The predicted molar refractivity (Wildman–Crippen MR) is 140 cm³/mol. The molecule has 10 nitrogen and oxygen atoms in total. The van der Waals surface area contributed by atoms with E-state index in [2.05, 4.69) is 10.1 Å². The molecule has 0 saturated carbocycles. The fraction of sp³-hybridized carbons (Fsp3) is 0.385. The van der Waals surface area contributed by atoms with Crippen LogP contribution in [-0.2, 0) is 22.1 Å². The van der Waals surface area contributed by atoms with Crippen LogP contribution in [-0.4, -0.2) is 56.0 Å². The van der Waals surface area contributed by atoms with Crippen molar-refractivity contribution in [3.8, 4) is 11.4 Å². The van der Waals surface area contributed by atoms with E-state index >= 15 is 0 Å². The zero-order valence-corrected chi connectivity index (χ0v) is 22.1. The molecular formula is C26H27ClF3N5O5. The molecular weight excluding hydrogens is 555 g/mol. The Bertz CT molecular complexity index is 1440. The lowest BCUT2D eigenvalue weighted by molar-refractivity contribution is -0.151. The Morgan fingerprint density at radius 2 is 1.98 bits per heavy atom. The van der Waals surface area contributed by atoms with Crippen LogP contribution in [0.2, 0.25) is 5.02 Å². The molecule has 1 aliphatic rings. The summed E-state index contributed by atoms with van der Waals surface area (Å²) in [4.78, 5) is 41.9. The molecule has 2 unspecified atom stereocenters. The van der Waals surface area contributed by atoms with Crippen molar-refractivity contribution in [1.29, 1.82) is 0 Å². The molecule has 1 aromatic heterocycles. The molecule has 1 aliphatic heterocycles. The minimum atomic E-state index is -4.80. The van der Waals surface area contributed by atoms with Crippen LogP contribution in [0.1, 0.15) is 36.9 Å². The maximum Gasteiger partial charge on any atom is 0.418 e. The topological polar surface area (TPSA) is 144 Å². The highest BCUT2D eigenvalue weighted by Gasteiger charge is 2.42. The van der Waals surface area contributed by atoms with Gasteiger partial charge in [0, 0.05) is 12.1 Å². The first kappa shape index (κ1) is 29.0. The van der Waals surface area contributed by atoms with Crippen molar-refractivity contribution in [3.63, 3.8) is 0 Å². The number of H-pyrrole nitrogens is 1. The molecule has 0 spiro atoms. The van der Waals surface area contributed by atoms with Crippen molar-refractivity contribution in [2.24, 2.45) is 5.92 Å². The molecule has 0 radical (unpaired) electrons. The van der Waals surface area contributed by atoms with Crippen LogP contribution in [0.15, 0.2) is 47.3 Å². The Balaban J connectivity index is 1.71. The van der Waals surface area contributed by atoms with Crippen molar-refractivity contribution in [2.75, 3.05) is 18.9 Å². The first-order chi connectivity index (χ1) is 18.9. The molecule has 4 N–H and O–H groups in total. The third kappa shape index (κ3) is 6.09. The number of amides is 1. The fourth-order valence-corrected chi connectivity index (χ4v) is 5.28. The number of anilines is 1. The lowest BCUT2D eigenvalue weighted by Crippen LogP contribution is -2.52. The molecule has 14 heteroatoms. The number of rotatable bonds is 7. The van der Waals surface area contributed by atoms with Gasteiger partial charge >= 0.3 is 23.9 Å².